The Balaban J connectivity index is 2.75. The number of ether oxygens (including phenoxy) is 1. The molecule has 0 spiro atoms. The molecule has 0 saturated carbocycles. The number of hydrogen-bond donors (Lipinski definition) is 3. The average Bonchev–Trinajstić information content (AvgIpc) is 2.39. The Kier molecular flexibility index (Phi) is 5.66. The van der Waals surface area contributed by atoms with E-state index >= 15 is 0 Å². The molecule has 1 aromatic rings. The van der Waals surface area contributed by atoms with Crippen molar-refractivity contribution in [3.8, 4) is 0 Å². The Labute approximate surface area is 105 Å². The molecule has 0 radical (unpaired) electrons. The zero-order chi connectivity index (χ0) is 13.4. The summed E-state index contributed by atoms with van der Waals surface area (Å²) in [7, 11) is 0. The lowest BCUT2D eigenvalue weighted by Crippen LogP contribution is -2.36. The summed E-state index contributed by atoms with van der Waals surface area (Å²) in [6.07, 6.45) is -0.504. The quantitative estimate of drug-likeness (QED) is 0.411. The molecule has 0 unspecified atom stereocenters. The molecule has 6 heteroatoms. The Bertz CT molecular complexity index is 395. The fraction of sp³-hybridized carbons (Fsp3) is 0.333. The second kappa shape index (κ2) is 7.29. The van der Waals surface area contributed by atoms with E-state index in [0.717, 1.165) is 5.56 Å². The highest BCUT2D eigenvalue weighted by Gasteiger charge is 2.18. The van der Waals surface area contributed by atoms with Gasteiger partial charge in [0.05, 0.1) is 19.1 Å². The van der Waals surface area contributed by atoms with Crippen LogP contribution in [0.1, 0.15) is 24.9 Å². The maximum Gasteiger partial charge on any atom is 0.407 e. The topological polar surface area (TPSA) is 93.4 Å². The third-order valence-electron chi connectivity index (χ3n) is 2.32. The molecule has 98 valence electrons. The molecular formula is C12H17N3O3. The lowest BCUT2D eigenvalue weighted by molar-refractivity contribution is -0.121. The van der Waals surface area contributed by atoms with Gasteiger partial charge in [0, 0.05) is 0 Å². The fourth-order valence-corrected chi connectivity index (χ4v) is 1.50. The van der Waals surface area contributed by atoms with Crippen molar-refractivity contribution in [3.63, 3.8) is 0 Å². The lowest BCUT2D eigenvalue weighted by atomic mass is 10.0. The van der Waals surface area contributed by atoms with E-state index in [1.807, 2.05) is 35.8 Å². The minimum atomic E-state index is -0.559. The van der Waals surface area contributed by atoms with Crippen molar-refractivity contribution in [2.75, 3.05) is 6.61 Å². The van der Waals surface area contributed by atoms with Crippen molar-refractivity contribution in [1.29, 1.82) is 0 Å². The fourth-order valence-electron chi connectivity index (χ4n) is 1.50. The lowest BCUT2D eigenvalue weighted by Gasteiger charge is -2.17. The van der Waals surface area contributed by atoms with Crippen LogP contribution in [0.25, 0.3) is 0 Å². The molecule has 0 aliphatic carbocycles. The second-order valence-corrected chi connectivity index (χ2v) is 3.60. The van der Waals surface area contributed by atoms with E-state index in [9.17, 15) is 9.59 Å². The van der Waals surface area contributed by atoms with E-state index in [0.29, 0.717) is 0 Å². The highest BCUT2D eigenvalue weighted by atomic mass is 16.5. The summed E-state index contributed by atoms with van der Waals surface area (Å²) < 4.78 is 4.80. The molecule has 0 aliphatic heterocycles. The Morgan fingerprint density at radius 2 is 2.00 bits per heavy atom. The van der Waals surface area contributed by atoms with Crippen molar-refractivity contribution in [1.82, 2.24) is 10.7 Å². The number of alkyl carbamates (subject to hydrolysis) is 1. The number of benzene rings is 1. The summed E-state index contributed by atoms with van der Waals surface area (Å²) in [6.45, 7) is 1.99. The first-order chi connectivity index (χ1) is 8.67. The molecular weight excluding hydrogens is 234 g/mol. The highest BCUT2D eigenvalue weighted by molar-refractivity contribution is 5.77. The van der Waals surface area contributed by atoms with Gasteiger partial charge in [0.15, 0.2) is 0 Å². The minimum Gasteiger partial charge on any atom is -0.450 e. The third kappa shape index (κ3) is 4.42. The zero-order valence-electron chi connectivity index (χ0n) is 10.2. The van der Waals surface area contributed by atoms with Gasteiger partial charge in [-0.05, 0) is 12.5 Å². The van der Waals surface area contributed by atoms with Crippen LogP contribution in [0.15, 0.2) is 30.3 Å². The van der Waals surface area contributed by atoms with Crippen LogP contribution in [0.5, 0.6) is 0 Å². The predicted octanol–water partition coefficient (Wildman–Crippen LogP) is 0.854. The molecule has 0 fully saturated rings. The minimum absolute atomic E-state index is 0.0549. The maximum atomic E-state index is 11.4. The van der Waals surface area contributed by atoms with Crippen molar-refractivity contribution >= 4 is 12.0 Å². The monoisotopic (exact) mass is 251 g/mol. The first-order valence-electron chi connectivity index (χ1n) is 5.65. The maximum absolute atomic E-state index is 11.4. The van der Waals surface area contributed by atoms with Crippen LogP contribution in [0, 0.1) is 0 Å². The van der Waals surface area contributed by atoms with Crippen LogP contribution in [0.3, 0.4) is 0 Å². The Morgan fingerprint density at radius 3 is 2.56 bits per heavy atom. The molecule has 1 aromatic carbocycles. The Morgan fingerprint density at radius 1 is 1.33 bits per heavy atom. The SMILES string of the molecule is CCOC(=O)N[C@@H](CC(=O)NN)c1ccccc1. The van der Waals surface area contributed by atoms with Gasteiger partial charge in [-0.2, -0.15) is 0 Å². The second-order valence-electron chi connectivity index (χ2n) is 3.60. The van der Waals surface area contributed by atoms with Crippen molar-refractivity contribution in [2.24, 2.45) is 5.84 Å². The number of carbonyl (C=O) groups excluding carboxylic acids is 2. The van der Waals surface area contributed by atoms with Crippen LogP contribution < -0.4 is 16.6 Å². The predicted molar refractivity (Wildman–Crippen MR) is 66.3 cm³/mol. The normalized spacial score (nSPS) is 11.4. The number of rotatable bonds is 5. The van der Waals surface area contributed by atoms with Gasteiger partial charge < -0.3 is 10.1 Å². The zero-order valence-corrected chi connectivity index (χ0v) is 10.2. The van der Waals surface area contributed by atoms with Gasteiger partial charge in [0.25, 0.3) is 0 Å². The average molecular weight is 251 g/mol. The Hall–Kier alpha value is -2.08. The van der Waals surface area contributed by atoms with Gasteiger partial charge in [0.2, 0.25) is 5.91 Å². The number of hydrogen-bond acceptors (Lipinski definition) is 4. The molecule has 4 N–H and O–H groups in total. The van der Waals surface area contributed by atoms with Crippen LogP contribution in [0.4, 0.5) is 4.79 Å². The number of carbonyl (C=O) groups is 2. The summed E-state index contributed by atoms with van der Waals surface area (Å²) in [4.78, 5) is 22.7. The van der Waals surface area contributed by atoms with Gasteiger partial charge in [0.1, 0.15) is 0 Å². The van der Waals surface area contributed by atoms with Crippen LogP contribution in [-0.2, 0) is 9.53 Å². The van der Waals surface area contributed by atoms with E-state index in [4.69, 9.17) is 10.6 Å². The van der Waals surface area contributed by atoms with Gasteiger partial charge in [-0.3, -0.25) is 10.2 Å². The third-order valence-corrected chi connectivity index (χ3v) is 2.32. The van der Waals surface area contributed by atoms with Crippen molar-refractivity contribution in [3.05, 3.63) is 35.9 Å². The largest absolute Gasteiger partial charge is 0.450 e. The molecule has 0 saturated heterocycles. The first kappa shape index (κ1) is 14.0. The number of amides is 2. The molecule has 0 aliphatic rings. The smallest absolute Gasteiger partial charge is 0.407 e. The summed E-state index contributed by atoms with van der Waals surface area (Å²) >= 11 is 0. The van der Waals surface area contributed by atoms with E-state index in [2.05, 4.69) is 5.32 Å². The molecule has 0 bridgehead atoms. The number of nitrogens with one attached hydrogen (secondary N) is 2. The molecule has 6 nitrogen and oxygen atoms in total. The summed E-state index contributed by atoms with van der Waals surface area (Å²) in [5.41, 5.74) is 2.85. The van der Waals surface area contributed by atoms with Crippen LogP contribution >= 0.6 is 0 Å². The van der Waals surface area contributed by atoms with Gasteiger partial charge in [-0.25, -0.2) is 10.6 Å². The molecule has 18 heavy (non-hydrogen) atoms. The van der Waals surface area contributed by atoms with E-state index < -0.39 is 12.1 Å². The van der Waals surface area contributed by atoms with Crippen molar-refractivity contribution in [2.45, 2.75) is 19.4 Å². The first-order valence-corrected chi connectivity index (χ1v) is 5.65. The molecule has 1 rings (SSSR count). The summed E-state index contributed by atoms with van der Waals surface area (Å²) in [5.74, 6) is 4.68. The summed E-state index contributed by atoms with van der Waals surface area (Å²) in [5, 5.41) is 2.62. The number of hydrazine groups is 1. The van der Waals surface area contributed by atoms with E-state index in [1.165, 1.54) is 0 Å². The van der Waals surface area contributed by atoms with Gasteiger partial charge >= 0.3 is 6.09 Å². The van der Waals surface area contributed by atoms with Crippen molar-refractivity contribution < 1.29 is 14.3 Å². The van der Waals surface area contributed by atoms with Gasteiger partial charge in [-0.15, -0.1) is 0 Å². The van der Waals surface area contributed by atoms with E-state index in [-0.39, 0.29) is 18.9 Å². The molecule has 2 amide bonds. The standard InChI is InChI=1S/C12H17N3O3/c1-2-18-12(17)14-10(8-11(16)15-13)9-6-4-3-5-7-9/h3-7,10H,2,8,13H2,1H3,(H,14,17)(H,15,16)/t10-/m0/s1. The molecule has 1 atom stereocenters. The summed E-state index contributed by atoms with van der Waals surface area (Å²) in [6, 6.07) is 8.69. The van der Waals surface area contributed by atoms with Crippen LogP contribution in [0.2, 0.25) is 0 Å². The van der Waals surface area contributed by atoms with Crippen LogP contribution in [-0.4, -0.2) is 18.6 Å². The van der Waals surface area contributed by atoms with E-state index in [1.54, 1.807) is 6.92 Å². The molecule has 0 heterocycles. The highest BCUT2D eigenvalue weighted by Crippen LogP contribution is 2.16. The molecule has 0 aromatic heterocycles. The number of nitrogens with two attached hydrogens (primary N) is 1. The van der Waals surface area contributed by atoms with Gasteiger partial charge in [-0.1, -0.05) is 30.3 Å².